The summed E-state index contributed by atoms with van der Waals surface area (Å²) in [4.78, 5) is 35.3. The molecular weight excluding hydrogens is 406 g/mol. The number of fused-ring (bicyclic) bond motifs is 2. The summed E-state index contributed by atoms with van der Waals surface area (Å²) < 4.78 is 1.50. The molecule has 2 aromatic heterocycles. The van der Waals surface area contributed by atoms with Crippen molar-refractivity contribution in [2.75, 3.05) is 5.75 Å². The highest BCUT2D eigenvalue weighted by Crippen LogP contribution is 2.25. The zero-order chi connectivity index (χ0) is 21.4. The Labute approximate surface area is 184 Å². The molecule has 1 aliphatic carbocycles. The van der Waals surface area contributed by atoms with Crippen molar-refractivity contribution in [3.63, 3.8) is 0 Å². The molecule has 0 spiro atoms. The lowest BCUT2D eigenvalue weighted by atomic mass is 10.0. The van der Waals surface area contributed by atoms with Crippen LogP contribution in [0.1, 0.15) is 33.5 Å². The number of ketones is 1. The molecule has 0 bridgehead atoms. The molecule has 1 aliphatic rings. The third kappa shape index (κ3) is 3.79. The Morgan fingerprint density at radius 3 is 2.74 bits per heavy atom. The number of aryl methyl sites for hydroxylation is 3. The predicted molar refractivity (Wildman–Crippen MR) is 123 cm³/mol. The van der Waals surface area contributed by atoms with Gasteiger partial charge in [0.25, 0.3) is 5.56 Å². The van der Waals surface area contributed by atoms with Crippen LogP contribution >= 0.6 is 11.8 Å². The van der Waals surface area contributed by atoms with Gasteiger partial charge in [0.05, 0.1) is 16.7 Å². The number of nitrogens with zero attached hydrogens (tertiary/aromatic N) is 3. The van der Waals surface area contributed by atoms with Crippen molar-refractivity contribution < 1.29 is 4.79 Å². The summed E-state index contributed by atoms with van der Waals surface area (Å²) in [7, 11) is 0. The standard InChI is InChI=1S/C25H21N3O2S/c1-16-9-12-23(26-14-16)28-24(30)20-7-2-3-8-21(20)27-25(28)31-15-22(29)19-11-10-17-5-4-6-18(17)13-19/h2-3,7-14H,4-6,15H2,1H3. The van der Waals surface area contributed by atoms with Gasteiger partial charge in [0.15, 0.2) is 10.9 Å². The van der Waals surface area contributed by atoms with Crippen LogP contribution in [-0.4, -0.2) is 26.1 Å². The van der Waals surface area contributed by atoms with E-state index in [4.69, 9.17) is 4.98 Å². The number of para-hydroxylation sites is 1. The second kappa shape index (κ2) is 8.12. The summed E-state index contributed by atoms with van der Waals surface area (Å²) in [5, 5.41) is 0.994. The molecule has 0 N–H and O–H groups in total. The molecule has 154 valence electrons. The van der Waals surface area contributed by atoms with Crippen molar-refractivity contribution >= 4 is 28.4 Å². The van der Waals surface area contributed by atoms with Crippen molar-refractivity contribution in [1.82, 2.24) is 14.5 Å². The number of hydrogen-bond acceptors (Lipinski definition) is 5. The molecule has 6 heteroatoms. The van der Waals surface area contributed by atoms with Gasteiger partial charge < -0.3 is 0 Å². The maximum atomic E-state index is 13.3. The smallest absolute Gasteiger partial charge is 0.267 e. The molecule has 31 heavy (non-hydrogen) atoms. The highest BCUT2D eigenvalue weighted by molar-refractivity contribution is 7.99. The molecule has 0 aliphatic heterocycles. The van der Waals surface area contributed by atoms with E-state index in [1.54, 1.807) is 18.3 Å². The summed E-state index contributed by atoms with van der Waals surface area (Å²) in [6, 6.07) is 17.0. The average molecular weight is 428 g/mol. The van der Waals surface area contributed by atoms with Crippen LogP contribution in [0.4, 0.5) is 0 Å². The van der Waals surface area contributed by atoms with Crippen molar-refractivity contribution in [2.24, 2.45) is 0 Å². The van der Waals surface area contributed by atoms with Crippen molar-refractivity contribution in [1.29, 1.82) is 0 Å². The number of aromatic nitrogens is 3. The molecule has 0 unspecified atom stereocenters. The van der Waals surface area contributed by atoms with Gasteiger partial charge in [-0.25, -0.2) is 14.5 Å². The first-order valence-electron chi connectivity index (χ1n) is 10.3. The van der Waals surface area contributed by atoms with Gasteiger partial charge >= 0.3 is 0 Å². The molecule has 2 aromatic carbocycles. The fraction of sp³-hybridized carbons (Fsp3) is 0.200. The Balaban J connectivity index is 1.51. The first-order chi connectivity index (χ1) is 15.1. The fourth-order valence-electron chi connectivity index (χ4n) is 3.96. The Hall–Kier alpha value is -3.25. The molecule has 0 radical (unpaired) electrons. The van der Waals surface area contributed by atoms with Crippen LogP contribution in [0, 0.1) is 6.92 Å². The van der Waals surface area contributed by atoms with Gasteiger partial charge in [-0.05, 0) is 67.1 Å². The zero-order valence-corrected chi connectivity index (χ0v) is 18.0. The second-order valence-electron chi connectivity index (χ2n) is 7.79. The van der Waals surface area contributed by atoms with E-state index in [2.05, 4.69) is 11.1 Å². The van der Waals surface area contributed by atoms with Crippen LogP contribution in [0.3, 0.4) is 0 Å². The predicted octanol–water partition coefficient (Wildman–Crippen LogP) is 4.55. The molecule has 0 saturated carbocycles. The summed E-state index contributed by atoms with van der Waals surface area (Å²) in [5.74, 6) is 0.738. The van der Waals surface area contributed by atoms with Crippen LogP contribution in [0.25, 0.3) is 16.7 Å². The number of carbonyl (C=O) groups is 1. The first kappa shape index (κ1) is 19.7. The summed E-state index contributed by atoms with van der Waals surface area (Å²) in [6.45, 7) is 1.95. The number of benzene rings is 2. The van der Waals surface area contributed by atoms with E-state index in [1.165, 1.54) is 27.5 Å². The van der Waals surface area contributed by atoms with Gasteiger partial charge in [-0.3, -0.25) is 9.59 Å². The minimum atomic E-state index is -0.186. The Morgan fingerprint density at radius 2 is 1.90 bits per heavy atom. The molecule has 5 rings (SSSR count). The number of Topliss-reactive ketones (excluding diaryl/α,β-unsaturated/α-hetero) is 1. The third-order valence-corrected chi connectivity index (χ3v) is 6.56. The Bertz CT molecular complexity index is 1360. The topological polar surface area (TPSA) is 64.8 Å². The number of hydrogen-bond donors (Lipinski definition) is 0. The maximum absolute atomic E-state index is 13.3. The van der Waals surface area contributed by atoms with E-state index in [0.717, 1.165) is 30.4 Å². The van der Waals surface area contributed by atoms with Gasteiger partial charge in [0.2, 0.25) is 0 Å². The average Bonchev–Trinajstić information content (AvgIpc) is 3.26. The second-order valence-corrected chi connectivity index (χ2v) is 8.74. The summed E-state index contributed by atoms with van der Waals surface area (Å²) in [6.07, 6.45) is 5.00. The SMILES string of the molecule is Cc1ccc(-n2c(SCC(=O)c3ccc4c(c3)CCC4)nc3ccccc3c2=O)nc1. The lowest BCUT2D eigenvalue weighted by molar-refractivity contribution is 0.102. The monoisotopic (exact) mass is 427 g/mol. The van der Waals surface area contributed by atoms with Crippen molar-refractivity contribution in [3.05, 3.63) is 93.4 Å². The van der Waals surface area contributed by atoms with E-state index in [0.29, 0.717) is 21.9 Å². The highest BCUT2D eigenvalue weighted by atomic mass is 32.2. The van der Waals surface area contributed by atoms with E-state index >= 15 is 0 Å². The normalized spacial score (nSPS) is 12.8. The lowest BCUT2D eigenvalue weighted by Crippen LogP contribution is -2.23. The molecule has 2 heterocycles. The number of rotatable bonds is 5. The number of carbonyl (C=O) groups excluding carboxylic acids is 1. The van der Waals surface area contributed by atoms with Crippen LogP contribution in [-0.2, 0) is 12.8 Å². The third-order valence-electron chi connectivity index (χ3n) is 5.62. The fourth-order valence-corrected chi connectivity index (χ4v) is 4.86. The van der Waals surface area contributed by atoms with Gasteiger partial charge in [-0.2, -0.15) is 0 Å². The van der Waals surface area contributed by atoms with Gasteiger partial charge in [-0.15, -0.1) is 0 Å². The zero-order valence-electron chi connectivity index (χ0n) is 17.2. The minimum absolute atomic E-state index is 0.0329. The molecule has 0 saturated heterocycles. The molecule has 0 atom stereocenters. The van der Waals surface area contributed by atoms with Crippen molar-refractivity contribution in [3.8, 4) is 5.82 Å². The summed E-state index contributed by atoms with van der Waals surface area (Å²) in [5.41, 5.74) is 4.78. The van der Waals surface area contributed by atoms with E-state index in [1.807, 2.05) is 43.3 Å². The highest BCUT2D eigenvalue weighted by Gasteiger charge is 2.18. The Kier molecular flexibility index (Phi) is 5.16. The molecular formula is C25H21N3O2S. The summed E-state index contributed by atoms with van der Waals surface area (Å²) >= 11 is 1.27. The van der Waals surface area contributed by atoms with E-state index < -0.39 is 0 Å². The lowest BCUT2D eigenvalue weighted by Gasteiger charge is -2.12. The van der Waals surface area contributed by atoms with E-state index in [-0.39, 0.29) is 17.1 Å². The van der Waals surface area contributed by atoms with Gasteiger partial charge in [-0.1, -0.05) is 42.1 Å². The van der Waals surface area contributed by atoms with Crippen LogP contribution in [0.15, 0.2) is 70.7 Å². The quantitative estimate of drug-likeness (QED) is 0.266. The van der Waals surface area contributed by atoms with Gasteiger partial charge in [0.1, 0.15) is 5.82 Å². The first-order valence-corrected chi connectivity index (χ1v) is 11.3. The Morgan fingerprint density at radius 1 is 1.06 bits per heavy atom. The number of pyridine rings is 1. The number of thioether (sulfide) groups is 1. The van der Waals surface area contributed by atoms with Crippen molar-refractivity contribution in [2.45, 2.75) is 31.3 Å². The molecule has 0 fully saturated rings. The largest absolute Gasteiger partial charge is 0.293 e. The maximum Gasteiger partial charge on any atom is 0.267 e. The minimum Gasteiger partial charge on any atom is -0.293 e. The van der Waals surface area contributed by atoms with Crippen LogP contribution in [0.5, 0.6) is 0 Å². The van der Waals surface area contributed by atoms with Crippen LogP contribution < -0.4 is 5.56 Å². The van der Waals surface area contributed by atoms with E-state index in [9.17, 15) is 9.59 Å². The molecule has 4 aromatic rings. The molecule has 5 nitrogen and oxygen atoms in total. The molecule has 0 amide bonds. The van der Waals surface area contributed by atoms with Crippen LogP contribution in [0.2, 0.25) is 0 Å². The van der Waals surface area contributed by atoms with Gasteiger partial charge in [0, 0.05) is 11.8 Å².